The van der Waals surface area contributed by atoms with E-state index in [9.17, 15) is 24.3 Å². The summed E-state index contributed by atoms with van der Waals surface area (Å²) in [7, 11) is 2.49. The largest absolute Gasteiger partial charge is 0.453 e. The molecular weight excluding hydrogens is 656 g/mol. The van der Waals surface area contributed by atoms with Crippen molar-refractivity contribution in [1.29, 1.82) is 0 Å². The first-order valence-electron chi connectivity index (χ1n) is 16.9. The zero-order valence-electron chi connectivity index (χ0n) is 28.9. The van der Waals surface area contributed by atoms with E-state index in [2.05, 4.69) is 40.0 Å². The summed E-state index contributed by atoms with van der Waals surface area (Å²) in [6, 6.07) is 13.7. The molecule has 15 heteroatoms. The van der Waals surface area contributed by atoms with Crippen molar-refractivity contribution >= 4 is 24.0 Å². The second-order valence-corrected chi connectivity index (χ2v) is 12.8. The molecule has 268 valence electrons. The van der Waals surface area contributed by atoms with Gasteiger partial charge in [0.05, 0.1) is 50.1 Å². The topological polar surface area (TPSA) is 195 Å². The highest BCUT2D eigenvalue weighted by Gasteiger charge is 2.41. The van der Waals surface area contributed by atoms with Crippen LogP contribution in [0.1, 0.15) is 56.8 Å². The fourth-order valence-electron chi connectivity index (χ4n) is 6.73. The number of H-pyrrole nitrogens is 2. The zero-order valence-corrected chi connectivity index (χ0v) is 28.9. The van der Waals surface area contributed by atoms with E-state index in [4.69, 9.17) is 0 Å². The highest BCUT2D eigenvalue weighted by Crippen LogP contribution is 2.34. The molecule has 15 nitrogen and oxygen atoms in total. The van der Waals surface area contributed by atoms with Crippen LogP contribution in [0.4, 0.5) is 9.59 Å². The van der Waals surface area contributed by atoms with Crippen LogP contribution in [0.5, 0.6) is 0 Å². The van der Waals surface area contributed by atoms with Crippen molar-refractivity contribution in [3.63, 3.8) is 0 Å². The predicted molar refractivity (Wildman–Crippen MR) is 186 cm³/mol. The van der Waals surface area contributed by atoms with Crippen LogP contribution < -0.4 is 10.6 Å². The number of carbonyl (C=O) groups excluding carboxylic acids is 4. The van der Waals surface area contributed by atoms with Gasteiger partial charge in [-0.2, -0.15) is 0 Å². The van der Waals surface area contributed by atoms with E-state index in [0.717, 1.165) is 46.5 Å². The molecule has 0 aliphatic carbocycles. The van der Waals surface area contributed by atoms with Gasteiger partial charge >= 0.3 is 12.2 Å². The molecule has 4 aromatic rings. The lowest BCUT2D eigenvalue weighted by molar-refractivity contribution is -0.135. The maximum Gasteiger partial charge on any atom is 0.407 e. The number of carbonyl (C=O) groups is 4. The van der Waals surface area contributed by atoms with Gasteiger partial charge < -0.3 is 45.0 Å². The average molecular weight is 699 g/mol. The fraction of sp³-hybridized carbons (Fsp3) is 0.389. The molecule has 0 spiro atoms. The van der Waals surface area contributed by atoms with Crippen LogP contribution in [0.3, 0.4) is 0 Å². The van der Waals surface area contributed by atoms with E-state index in [-0.39, 0.29) is 17.9 Å². The lowest BCUT2D eigenvalue weighted by Crippen LogP contribution is -2.47. The molecule has 0 saturated carbocycles. The maximum atomic E-state index is 13.1. The average Bonchev–Trinajstić information content (AvgIpc) is 3.98. The molecule has 2 saturated heterocycles. The predicted octanol–water partition coefficient (Wildman–Crippen LogP) is 3.92. The third-order valence-corrected chi connectivity index (χ3v) is 9.48. The van der Waals surface area contributed by atoms with Crippen LogP contribution in [0, 0.1) is 0 Å². The number of aromatic amines is 2. The van der Waals surface area contributed by atoms with Gasteiger partial charge in [0.2, 0.25) is 11.8 Å². The van der Waals surface area contributed by atoms with Gasteiger partial charge in [0, 0.05) is 13.1 Å². The van der Waals surface area contributed by atoms with Gasteiger partial charge in [-0.25, -0.2) is 19.6 Å². The molecule has 2 aliphatic rings. The Morgan fingerprint density at radius 2 is 1.20 bits per heavy atom. The number of aromatic nitrogens is 4. The van der Waals surface area contributed by atoms with Crippen LogP contribution >= 0.6 is 0 Å². The summed E-state index contributed by atoms with van der Waals surface area (Å²) in [5.74, 6) is 0.649. The number of methoxy groups -OCH3 is 2. The summed E-state index contributed by atoms with van der Waals surface area (Å²) < 4.78 is 9.24. The second kappa shape index (κ2) is 15.0. The molecule has 2 aliphatic heterocycles. The highest BCUT2D eigenvalue weighted by molar-refractivity contribution is 5.86. The third kappa shape index (κ3) is 7.43. The molecule has 0 radical (unpaired) electrons. The van der Waals surface area contributed by atoms with E-state index in [1.807, 2.05) is 48.5 Å². The van der Waals surface area contributed by atoms with Gasteiger partial charge in [-0.3, -0.25) is 9.59 Å². The molecule has 5 N–H and O–H groups in total. The Kier molecular flexibility index (Phi) is 10.4. The summed E-state index contributed by atoms with van der Waals surface area (Å²) in [5, 5.41) is 15.8. The number of aliphatic hydroxyl groups is 1. The van der Waals surface area contributed by atoms with Gasteiger partial charge in [-0.05, 0) is 55.4 Å². The Morgan fingerprint density at radius 3 is 1.73 bits per heavy atom. The number of aliphatic hydroxyl groups excluding tert-OH is 1. The second-order valence-electron chi connectivity index (χ2n) is 12.8. The van der Waals surface area contributed by atoms with Gasteiger partial charge in [-0.15, -0.1) is 0 Å². The Balaban J connectivity index is 1.10. The Hall–Kier alpha value is -5.70. The van der Waals surface area contributed by atoms with Crippen molar-refractivity contribution in [2.75, 3.05) is 27.3 Å². The number of nitrogens with one attached hydrogen (secondary N) is 4. The molecule has 6 rings (SSSR count). The normalized spacial score (nSPS) is 19.7. The number of likely N-dealkylation sites (tertiary alicyclic amines) is 2. The Labute approximate surface area is 294 Å². The lowest BCUT2D eigenvalue weighted by atomic mass is 10.0. The minimum absolute atomic E-state index is 0.184. The van der Waals surface area contributed by atoms with Crippen molar-refractivity contribution in [2.45, 2.75) is 63.4 Å². The van der Waals surface area contributed by atoms with Crippen molar-refractivity contribution in [3.8, 4) is 33.6 Å². The summed E-state index contributed by atoms with van der Waals surface area (Å²) in [4.78, 5) is 68.5. The van der Waals surface area contributed by atoms with E-state index in [0.29, 0.717) is 31.2 Å². The number of amides is 4. The molecule has 2 aromatic heterocycles. The number of benzene rings is 2. The van der Waals surface area contributed by atoms with Crippen LogP contribution in [0.25, 0.3) is 33.6 Å². The minimum atomic E-state index is -0.827. The molecule has 2 aromatic carbocycles. The third-order valence-electron chi connectivity index (χ3n) is 9.48. The summed E-state index contributed by atoms with van der Waals surface area (Å²) in [6.07, 6.45) is 3.31. The first kappa shape index (κ1) is 35.1. The first-order valence-corrected chi connectivity index (χ1v) is 16.9. The van der Waals surface area contributed by atoms with Crippen molar-refractivity contribution in [2.24, 2.45) is 0 Å². The zero-order chi connectivity index (χ0) is 36.2. The van der Waals surface area contributed by atoms with Crippen molar-refractivity contribution < 1.29 is 33.8 Å². The van der Waals surface area contributed by atoms with Gasteiger partial charge in [0.15, 0.2) is 0 Å². The van der Waals surface area contributed by atoms with Gasteiger partial charge in [0.25, 0.3) is 0 Å². The van der Waals surface area contributed by atoms with Crippen molar-refractivity contribution in [1.82, 2.24) is 40.4 Å². The number of hydrogen-bond donors (Lipinski definition) is 5. The van der Waals surface area contributed by atoms with E-state index in [1.165, 1.54) is 19.1 Å². The Morgan fingerprint density at radius 1 is 0.725 bits per heavy atom. The molecule has 0 bridgehead atoms. The number of hydrogen-bond acceptors (Lipinski definition) is 9. The smallest absolute Gasteiger partial charge is 0.407 e. The van der Waals surface area contributed by atoms with Crippen molar-refractivity contribution in [3.05, 3.63) is 72.6 Å². The summed E-state index contributed by atoms with van der Waals surface area (Å²) >= 11 is 0. The van der Waals surface area contributed by atoms with Crippen LogP contribution in [-0.4, -0.2) is 104 Å². The molecule has 2 fully saturated rings. The molecule has 4 amide bonds. The van der Waals surface area contributed by atoms with Gasteiger partial charge in [-0.1, -0.05) is 48.5 Å². The molecule has 0 unspecified atom stereocenters. The van der Waals surface area contributed by atoms with E-state index in [1.54, 1.807) is 31.1 Å². The summed E-state index contributed by atoms with van der Waals surface area (Å²) in [6.45, 7) is 4.13. The molecule has 5 atom stereocenters. The monoisotopic (exact) mass is 698 g/mol. The number of nitrogens with zero attached hydrogens (tertiary/aromatic N) is 4. The van der Waals surface area contributed by atoms with E-state index >= 15 is 0 Å². The SMILES string of the molecule is COC(=O)N[C@@H](C)C(=O)N1CC[C@H](O)[C@H]1c1ncc(-c2ccc(-c3ccc(-c4cnc([C@@H]5CCCN5C(=O)[C@H](C)NC(=O)OC)[nH]4)cc3)cc2)[nH]1. The first-order chi connectivity index (χ1) is 24.6. The fourth-order valence-corrected chi connectivity index (χ4v) is 6.73. The van der Waals surface area contributed by atoms with Gasteiger partial charge in [0.1, 0.15) is 29.8 Å². The summed E-state index contributed by atoms with van der Waals surface area (Å²) in [5.41, 5.74) is 5.45. The quantitative estimate of drug-likeness (QED) is 0.172. The van der Waals surface area contributed by atoms with E-state index < -0.39 is 36.4 Å². The number of ether oxygens (including phenoxy) is 2. The minimum Gasteiger partial charge on any atom is -0.453 e. The standard InChI is InChI=1S/C36H42N8O7/c1-20(39-35(48)50-3)33(46)43-16-5-6-28(43)31-37-18-26(41-31)24-11-7-22(8-12-24)23-9-13-25(14-10-23)27-19-38-32(42-27)30-29(45)15-17-44(30)34(47)21(2)40-36(49)51-4/h7-14,18-21,28-30,45H,5-6,15-17H2,1-4H3,(H,37,41)(H,38,42)(H,39,48)(H,40,49)/t20-,21-,28-,29-,30-/m0/s1. The molecule has 51 heavy (non-hydrogen) atoms. The number of rotatable bonds is 9. The van der Waals surface area contributed by atoms with Crippen LogP contribution in [-0.2, 0) is 19.1 Å². The highest BCUT2D eigenvalue weighted by atomic mass is 16.5. The maximum absolute atomic E-state index is 13.1. The molecular formula is C36H42N8O7. The lowest BCUT2D eigenvalue weighted by Gasteiger charge is -2.27. The Bertz CT molecular complexity index is 1870. The number of alkyl carbamates (subject to hydrolysis) is 2. The van der Waals surface area contributed by atoms with Crippen LogP contribution in [0.2, 0.25) is 0 Å². The molecule has 4 heterocycles. The van der Waals surface area contributed by atoms with Crippen LogP contribution in [0.15, 0.2) is 60.9 Å². The number of imidazole rings is 2.